The van der Waals surface area contributed by atoms with Gasteiger partial charge in [-0.25, -0.2) is 0 Å². The Bertz CT molecular complexity index is 486. The second kappa shape index (κ2) is 4.17. The van der Waals surface area contributed by atoms with Crippen molar-refractivity contribution < 1.29 is 0 Å². The highest BCUT2D eigenvalue weighted by molar-refractivity contribution is 7.99. The predicted octanol–water partition coefficient (Wildman–Crippen LogP) is 2.76. The molecule has 1 aromatic rings. The molecule has 0 amide bonds. The number of hydrogen-bond donors (Lipinski definition) is 1. The Labute approximate surface area is 113 Å². The number of thioether (sulfide) groups is 1. The molecule has 0 spiro atoms. The molecule has 0 aliphatic carbocycles. The van der Waals surface area contributed by atoms with Crippen LogP contribution in [0.25, 0.3) is 0 Å². The van der Waals surface area contributed by atoms with Gasteiger partial charge in [-0.1, -0.05) is 6.07 Å². The summed E-state index contributed by atoms with van der Waals surface area (Å²) >= 11 is 2.06. The highest BCUT2D eigenvalue weighted by atomic mass is 32.2. The minimum atomic E-state index is 0.729. The molecule has 1 N–H and O–H groups in total. The smallest absolute Gasteiger partial charge is 0.0546 e. The highest BCUT2D eigenvalue weighted by Gasteiger charge is 2.42. The van der Waals surface area contributed by atoms with Crippen LogP contribution < -0.4 is 10.2 Å². The molecule has 3 aliphatic heterocycles. The number of benzene rings is 1. The third-order valence-corrected chi connectivity index (χ3v) is 5.84. The van der Waals surface area contributed by atoms with Gasteiger partial charge in [0, 0.05) is 29.9 Å². The first-order valence-electron chi connectivity index (χ1n) is 7.10. The zero-order valence-electron chi connectivity index (χ0n) is 10.9. The fraction of sp³-hybridized carbons (Fsp3) is 0.600. The van der Waals surface area contributed by atoms with Crippen LogP contribution in [0.5, 0.6) is 0 Å². The molecule has 3 heteroatoms. The van der Waals surface area contributed by atoms with Crippen molar-refractivity contribution in [3.05, 3.63) is 23.3 Å². The summed E-state index contributed by atoms with van der Waals surface area (Å²) in [6, 6.07) is 5.45. The molecule has 3 aliphatic rings. The van der Waals surface area contributed by atoms with E-state index in [1.807, 2.05) is 0 Å². The number of anilines is 1. The Morgan fingerprint density at radius 1 is 1.39 bits per heavy atom. The number of piperidine rings is 1. The Hall–Kier alpha value is -0.670. The van der Waals surface area contributed by atoms with Gasteiger partial charge in [0.2, 0.25) is 0 Å². The second-order valence-corrected chi connectivity index (χ2v) is 6.84. The summed E-state index contributed by atoms with van der Waals surface area (Å²) < 4.78 is 0. The van der Waals surface area contributed by atoms with Crippen LogP contribution in [0, 0.1) is 6.92 Å². The van der Waals surface area contributed by atoms with Crippen molar-refractivity contribution in [2.75, 3.05) is 30.3 Å². The van der Waals surface area contributed by atoms with Crippen molar-refractivity contribution in [2.24, 2.45) is 0 Å². The fourth-order valence-electron chi connectivity index (χ4n) is 3.94. The van der Waals surface area contributed by atoms with Crippen molar-refractivity contribution in [2.45, 2.75) is 36.6 Å². The molecule has 2 nitrogen and oxygen atoms in total. The lowest BCUT2D eigenvalue weighted by atomic mass is 9.88. The van der Waals surface area contributed by atoms with Crippen molar-refractivity contribution in [1.82, 2.24) is 5.32 Å². The Balaban J connectivity index is 1.92. The van der Waals surface area contributed by atoms with Gasteiger partial charge in [-0.05, 0) is 49.3 Å². The van der Waals surface area contributed by atoms with Crippen LogP contribution in [0.2, 0.25) is 0 Å². The summed E-state index contributed by atoms with van der Waals surface area (Å²) in [5.74, 6) is 2.01. The molecular weight excluding hydrogens is 240 g/mol. The SMILES string of the molecule is Cc1ccc2c3c1C1CNCCC1N3CCCS2. The predicted molar refractivity (Wildman–Crippen MR) is 77.9 cm³/mol. The van der Waals surface area contributed by atoms with E-state index in [1.54, 1.807) is 11.3 Å². The molecule has 18 heavy (non-hydrogen) atoms. The largest absolute Gasteiger partial charge is 0.367 e. The van der Waals surface area contributed by atoms with E-state index in [-0.39, 0.29) is 0 Å². The van der Waals surface area contributed by atoms with E-state index in [2.05, 4.69) is 41.0 Å². The Kier molecular flexibility index (Phi) is 2.59. The first-order chi connectivity index (χ1) is 8.86. The molecule has 2 atom stereocenters. The summed E-state index contributed by atoms with van der Waals surface area (Å²) in [5, 5.41) is 3.59. The first kappa shape index (κ1) is 11.2. The van der Waals surface area contributed by atoms with Crippen LogP contribution >= 0.6 is 11.8 Å². The third-order valence-electron chi connectivity index (χ3n) is 4.70. The van der Waals surface area contributed by atoms with Crippen molar-refractivity contribution in [1.29, 1.82) is 0 Å². The number of aryl methyl sites for hydroxylation is 1. The lowest BCUT2D eigenvalue weighted by Gasteiger charge is -2.33. The zero-order chi connectivity index (χ0) is 12.1. The Morgan fingerprint density at radius 3 is 3.28 bits per heavy atom. The molecule has 1 saturated heterocycles. The minimum absolute atomic E-state index is 0.729. The molecular formula is C15H20N2S. The van der Waals surface area contributed by atoms with Gasteiger partial charge in [0.1, 0.15) is 0 Å². The molecule has 4 rings (SSSR count). The summed E-state index contributed by atoms with van der Waals surface area (Å²) in [6.07, 6.45) is 2.64. The summed E-state index contributed by atoms with van der Waals surface area (Å²) in [5.41, 5.74) is 4.74. The van der Waals surface area contributed by atoms with E-state index in [0.717, 1.165) is 12.0 Å². The van der Waals surface area contributed by atoms with Gasteiger partial charge < -0.3 is 10.2 Å². The normalized spacial score (nSPS) is 29.7. The quantitative estimate of drug-likeness (QED) is 0.772. The standard InChI is InChI=1S/C15H20N2S/c1-10-3-4-13-15-14(10)11-9-16-6-5-12(11)17(15)7-2-8-18-13/h3-4,11-12,16H,2,5-9H2,1H3. The van der Waals surface area contributed by atoms with Crippen molar-refractivity contribution in [3.8, 4) is 0 Å². The van der Waals surface area contributed by atoms with E-state index >= 15 is 0 Å². The molecule has 3 heterocycles. The van der Waals surface area contributed by atoms with E-state index in [9.17, 15) is 0 Å². The maximum atomic E-state index is 3.59. The number of nitrogens with zero attached hydrogens (tertiary/aromatic N) is 1. The molecule has 96 valence electrons. The maximum absolute atomic E-state index is 3.59. The van der Waals surface area contributed by atoms with Crippen LogP contribution in [-0.4, -0.2) is 31.4 Å². The van der Waals surface area contributed by atoms with E-state index in [4.69, 9.17) is 0 Å². The summed E-state index contributed by atoms with van der Waals surface area (Å²) in [4.78, 5) is 4.27. The van der Waals surface area contributed by atoms with Crippen LogP contribution in [-0.2, 0) is 0 Å². The third kappa shape index (κ3) is 1.47. The second-order valence-electron chi connectivity index (χ2n) is 5.70. The average molecular weight is 260 g/mol. The molecule has 0 saturated carbocycles. The first-order valence-corrected chi connectivity index (χ1v) is 8.08. The summed E-state index contributed by atoms with van der Waals surface area (Å²) in [7, 11) is 0. The molecule has 0 aromatic heterocycles. The lowest BCUT2D eigenvalue weighted by Crippen LogP contribution is -2.44. The van der Waals surface area contributed by atoms with Gasteiger partial charge in [-0.3, -0.25) is 0 Å². The number of rotatable bonds is 0. The monoisotopic (exact) mass is 260 g/mol. The van der Waals surface area contributed by atoms with Crippen LogP contribution in [0.3, 0.4) is 0 Å². The van der Waals surface area contributed by atoms with Gasteiger partial charge in [-0.2, -0.15) is 0 Å². The van der Waals surface area contributed by atoms with E-state index in [1.165, 1.54) is 48.7 Å². The average Bonchev–Trinajstić information content (AvgIpc) is 2.58. The van der Waals surface area contributed by atoms with E-state index in [0.29, 0.717) is 0 Å². The minimum Gasteiger partial charge on any atom is -0.367 e. The molecule has 1 aromatic carbocycles. The van der Waals surface area contributed by atoms with Crippen LogP contribution in [0.15, 0.2) is 17.0 Å². The number of fused-ring (bicyclic) bond motifs is 3. The van der Waals surface area contributed by atoms with Gasteiger partial charge in [-0.15, -0.1) is 11.8 Å². The molecule has 0 radical (unpaired) electrons. The van der Waals surface area contributed by atoms with Gasteiger partial charge in [0.25, 0.3) is 0 Å². The van der Waals surface area contributed by atoms with Crippen LogP contribution in [0.4, 0.5) is 5.69 Å². The number of nitrogens with one attached hydrogen (secondary N) is 1. The van der Waals surface area contributed by atoms with Gasteiger partial charge in [0.15, 0.2) is 0 Å². The highest BCUT2D eigenvalue weighted by Crippen LogP contribution is 2.50. The maximum Gasteiger partial charge on any atom is 0.0546 e. The molecule has 2 unspecified atom stereocenters. The Morgan fingerprint density at radius 2 is 2.33 bits per heavy atom. The zero-order valence-corrected chi connectivity index (χ0v) is 11.7. The van der Waals surface area contributed by atoms with Crippen molar-refractivity contribution >= 4 is 17.4 Å². The van der Waals surface area contributed by atoms with Gasteiger partial charge >= 0.3 is 0 Å². The lowest BCUT2D eigenvalue weighted by molar-refractivity contribution is 0.402. The summed E-state index contributed by atoms with van der Waals surface area (Å²) in [6.45, 7) is 5.91. The fourth-order valence-corrected chi connectivity index (χ4v) is 4.96. The number of hydrogen-bond acceptors (Lipinski definition) is 3. The van der Waals surface area contributed by atoms with Crippen molar-refractivity contribution in [3.63, 3.8) is 0 Å². The molecule has 1 fully saturated rings. The topological polar surface area (TPSA) is 15.3 Å². The van der Waals surface area contributed by atoms with Gasteiger partial charge in [0.05, 0.1) is 5.69 Å². The van der Waals surface area contributed by atoms with Crippen LogP contribution in [0.1, 0.15) is 29.9 Å². The molecule has 0 bridgehead atoms. The van der Waals surface area contributed by atoms with E-state index < -0.39 is 0 Å².